The fraction of sp³-hybridized carbons (Fsp3) is 0.500. The molecule has 0 radical (unpaired) electrons. The Hall–Kier alpha value is -2.06. The molecule has 0 spiro atoms. The second kappa shape index (κ2) is 6.10. The topological polar surface area (TPSA) is 87.5 Å². The number of anilines is 1. The molecule has 2 aliphatic rings. The minimum Gasteiger partial charge on any atom is -0.367 e. The van der Waals surface area contributed by atoms with Gasteiger partial charge in [0.1, 0.15) is 0 Å². The van der Waals surface area contributed by atoms with Crippen LogP contribution in [-0.4, -0.2) is 33.4 Å². The Morgan fingerprint density at radius 2 is 2.29 bits per heavy atom. The molecule has 8 heteroatoms. The van der Waals surface area contributed by atoms with Crippen molar-refractivity contribution in [2.24, 2.45) is 15.9 Å². The summed E-state index contributed by atoms with van der Waals surface area (Å²) in [5, 5.41) is 11.2. The minimum absolute atomic E-state index is 0.0144. The number of aliphatic imine (C=N–C) groups is 2. The number of thiazole rings is 1. The van der Waals surface area contributed by atoms with Crippen LogP contribution in [0.15, 0.2) is 16.2 Å². The molecule has 4 rings (SSSR count). The van der Waals surface area contributed by atoms with Crippen LogP contribution in [-0.2, 0) is 11.3 Å². The molecule has 0 aliphatic carbocycles. The van der Waals surface area contributed by atoms with Gasteiger partial charge in [-0.05, 0) is 12.8 Å². The summed E-state index contributed by atoms with van der Waals surface area (Å²) < 4.78 is 5.88. The zero-order chi connectivity index (χ0) is 16.7. The Morgan fingerprint density at radius 3 is 3.12 bits per heavy atom. The summed E-state index contributed by atoms with van der Waals surface area (Å²) in [6, 6.07) is 0.271. The number of aromatic nitrogens is 3. The maximum atomic E-state index is 5.88. The van der Waals surface area contributed by atoms with Crippen molar-refractivity contribution >= 4 is 28.6 Å². The highest BCUT2D eigenvalue weighted by molar-refractivity contribution is 7.16. The van der Waals surface area contributed by atoms with E-state index in [9.17, 15) is 0 Å². The van der Waals surface area contributed by atoms with Crippen molar-refractivity contribution in [3.63, 3.8) is 0 Å². The number of hydrogen-bond donors (Lipinski definition) is 2. The van der Waals surface area contributed by atoms with E-state index in [1.165, 1.54) is 0 Å². The Labute approximate surface area is 144 Å². The van der Waals surface area contributed by atoms with E-state index in [1.807, 2.05) is 19.3 Å². The zero-order valence-corrected chi connectivity index (χ0v) is 14.7. The summed E-state index contributed by atoms with van der Waals surface area (Å²) in [4.78, 5) is 14.9. The number of fused-ring (bicyclic) bond motifs is 3. The van der Waals surface area contributed by atoms with Gasteiger partial charge in [0.25, 0.3) is 0 Å². The van der Waals surface area contributed by atoms with Gasteiger partial charge >= 0.3 is 0 Å². The fourth-order valence-corrected chi connectivity index (χ4v) is 3.76. The number of guanidine groups is 1. The third-order valence-electron chi connectivity index (χ3n) is 4.33. The maximum absolute atomic E-state index is 5.88. The van der Waals surface area contributed by atoms with Crippen molar-refractivity contribution < 1.29 is 4.74 Å². The largest absolute Gasteiger partial charge is 0.367 e. The number of nitrogens with zero attached hydrogens (tertiary/aromatic N) is 4. The van der Waals surface area contributed by atoms with Gasteiger partial charge in [0.05, 0.1) is 41.2 Å². The van der Waals surface area contributed by atoms with Crippen molar-refractivity contribution in [2.75, 3.05) is 5.32 Å². The molecule has 2 N–H and O–H groups in total. The molecule has 2 aliphatic heterocycles. The molecule has 2 unspecified atom stereocenters. The van der Waals surface area contributed by atoms with E-state index in [0.717, 1.165) is 33.4 Å². The Bertz CT molecular complexity index is 805. The van der Waals surface area contributed by atoms with Crippen molar-refractivity contribution in [3.05, 3.63) is 16.8 Å². The van der Waals surface area contributed by atoms with E-state index in [-0.39, 0.29) is 12.1 Å². The number of ether oxygens (including phenoxy) is 1. The molecule has 4 heterocycles. The predicted molar refractivity (Wildman–Crippen MR) is 95.7 cm³/mol. The van der Waals surface area contributed by atoms with E-state index in [2.05, 4.69) is 39.3 Å². The van der Waals surface area contributed by atoms with Gasteiger partial charge in [0.15, 0.2) is 5.13 Å². The summed E-state index contributed by atoms with van der Waals surface area (Å²) >= 11 is 1.58. The number of rotatable bonds is 2. The molecule has 0 aromatic carbocycles. The Kier molecular flexibility index (Phi) is 3.93. The van der Waals surface area contributed by atoms with Crippen molar-refractivity contribution in [3.8, 4) is 11.3 Å². The van der Waals surface area contributed by atoms with Crippen molar-refractivity contribution in [2.45, 2.75) is 45.9 Å². The molecule has 0 fully saturated rings. The molecule has 0 bridgehead atoms. The Morgan fingerprint density at radius 1 is 1.42 bits per heavy atom. The van der Waals surface area contributed by atoms with E-state index < -0.39 is 0 Å². The summed E-state index contributed by atoms with van der Waals surface area (Å²) in [5.41, 5.74) is 2.91. The van der Waals surface area contributed by atoms with Crippen LogP contribution in [0.2, 0.25) is 0 Å². The number of hydrogen-bond acceptors (Lipinski definition) is 7. The number of nitrogens with one attached hydrogen (secondary N) is 2. The lowest BCUT2D eigenvalue weighted by molar-refractivity contribution is 0.0537. The lowest BCUT2D eigenvalue weighted by Gasteiger charge is -2.18. The lowest BCUT2D eigenvalue weighted by Crippen LogP contribution is -2.23. The van der Waals surface area contributed by atoms with E-state index in [4.69, 9.17) is 9.72 Å². The van der Waals surface area contributed by atoms with Crippen LogP contribution in [0.25, 0.3) is 11.3 Å². The molecule has 0 saturated carbocycles. The SMILES string of the molecule is CC1OCc2sc(NC3=NC(C(C)C)CC=N3)nc2-c2cn[nH]c21. The van der Waals surface area contributed by atoms with Gasteiger partial charge in [-0.3, -0.25) is 5.10 Å². The fourth-order valence-electron chi connectivity index (χ4n) is 2.86. The normalized spacial score (nSPS) is 22.8. The average Bonchev–Trinajstić information content (AvgIpc) is 3.17. The highest BCUT2D eigenvalue weighted by atomic mass is 32.1. The van der Waals surface area contributed by atoms with Gasteiger partial charge < -0.3 is 10.1 Å². The number of H-pyrrole nitrogens is 1. The highest BCUT2D eigenvalue weighted by Crippen LogP contribution is 2.39. The zero-order valence-electron chi connectivity index (χ0n) is 13.9. The molecule has 2 aromatic rings. The molecule has 2 atom stereocenters. The number of aromatic amines is 1. The molecule has 0 saturated heterocycles. The Balaban J connectivity index is 1.62. The van der Waals surface area contributed by atoms with Gasteiger partial charge in [-0.15, -0.1) is 0 Å². The monoisotopic (exact) mass is 344 g/mol. The quantitative estimate of drug-likeness (QED) is 0.874. The molecule has 7 nitrogen and oxygen atoms in total. The average molecular weight is 344 g/mol. The van der Waals surface area contributed by atoms with Crippen LogP contribution in [0.3, 0.4) is 0 Å². The standard InChI is InChI=1S/C16H20N6OS/c1-8(2)11-4-5-17-15(19-11)21-16-20-14-10-6-18-22-13(10)9(3)23-7-12(14)24-16/h5-6,8-9,11H,4,7H2,1-3H3,(H,18,22)(H,19,20,21). The van der Waals surface area contributed by atoms with Gasteiger partial charge in [-0.2, -0.15) is 5.10 Å². The molecule has 24 heavy (non-hydrogen) atoms. The van der Waals surface area contributed by atoms with Crippen LogP contribution < -0.4 is 5.32 Å². The lowest BCUT2D eigenvalue weighted by atomic mass is 10.0. The first-order chi connectivity index (χ1) is 11.6. The van der Waals surface area contributed by atoms with Crippen LogP contribution in [0.1, 0.15) is 43.9 Å². The summed E-state index contributed by atoms with van der Waals surface area (Å²) in [6.45, 7) is 6.91. The van der Waals surface area contributed by atoms with E-state index >= 15 is 0 Å². The second-order valence-corrected chi connectivity index (χ2v) is 7.46. The van der Waals surface area contributed by atoms with Gasteiger partial charge in [-0.25, -0.2) is 15.0 Å². The van der Waals surface area contributed by atoms with Crippen LogP contribution >= 0.6 is 11.3 Å². The first-order valence-electron chi connectivity index (χ1n) is 8.14. The van der Waals surface area contributed by atoms with Crippen LogP contribution in [0.4, 0.5) is 5.13 Å². The van der Waals surface area contributed by atoms with Crippen molar-refractivity contribution in [1.29, 1.82) is 0 Å². The third kappa shape index (κ3) is 2.76. The molecular formula is C16H20N6OS. The summed E-state index contributed by atoms with van der Waals surface area (Å²) in [6.07, 6.45) is 4.62. The van der Waals surface area contributed by atoms with Crippen molar-refractivity contribution in [1.82, 2.24) is 15.2 Å². The van der Waals surface area contributed by atoms with E-state index in [0.29, 0.717) is 18.5 Å². The van der Waals surface area contributed by atoms with Gasteiger partial charge in [-0.1, -0.05) is 25.2 Å². The molecule has 2 aromatic heterocycles. The highest BCUT2D eigenvalue weighted by Gasteiger charge is 2.26. The minimum atomic E-state index is -0.0144. The molecule has 0 amide bonds. The first kappa shape index (κ1) is 15.5. The second-order valence-electron chi connectivity index (χ2n) is 6.38. The maximum Gasteiger partial charge on any atom is 0.224 e. The summed E-state index contributed by atoms with van der Waals surface area (Å²) in [5.74, 6) is 1.12. The smallest absolute Gasteiger partial charge is 0.224 e. The van der Waals surface area contributed by atoms with Gasteiger partial charge in [0, 0.05) is 18.2 Å². The first-order valence-corrected chi connectivity index (χ1v) is 8.95. The molecule has 126 valence electrons. The third-order valence-corrected chi connectivity index (χ3v) is 5.27. The summed E-state index contributed by atoms with van der Waals surface area (Å²) in [7, 11) is 0. The predicted octanol–water partition coefficient (Wildman–Crippen LogP) is 3.39. The molecular weight excluding hydrogens is 324 g/mol. The van der Waals surface area contributed by atoms with Crippen LogP contribution in [0, 0.1) is 5.92 Å². The van der Waals surface area contributed by atoms with Gasteiger partial charge in [0.2, 0.25) is 5.96 Å². The van der Waals surface area contributed by atoms with Crippen LogP contribution in [0.5, 0.6) is 0 Å². The van der Waals surface area contributed by atoms with E-state index in [1.54, 1.807) is 11.3 Å².